The monoisotopic (exact) mass is 476 g/mol. The van der Waals surface area contributed by atoms with E-state index in [2.05, 4.69) is 150 Å². The largest absolute Gasteiger partial charge is 0.324 e. The number of rotatable bonds is 4. The molecule has 1 aliphatic rings. The Kier molecular flexibility index (Phi) is 4.83. The highest BCUT2D eigenvalue weighted by molar-refractivity contribution is 7.21. The molecular weight excluding hydrogens is 452 g/mol. The number of nitrogens with zero attached hydrogens (tertiary/aromatic N) is 2. The van der Waals surface area contributed by atoms with E-state index in [1.54, 1.807) is 0 Å². The van der Waals surface area contributed by atoms with E-state index < -0.39 is 8.07 Å². The molecule has 0 atom stereocenters. The minimum absolute atomic E-state index is 1.02. The van der Waals surface area contributed by atoms with E-state index in [1.807, 2.05) is 0 Å². The normalized spacial score (nSPS) is 13.2. The van der Waals surface area contributed by atoms with Crippen LogP contribution >= 0.6 is 0 Å². The van der Waals surface area contributed by atoms with Crippen molar-refractivity contribution < 1.29 is 0 Å². The van der Waals surface area contributed by atoms with Crippen molar-refractivity contribution in [2.75, 3.05) is 0 Å². The molecule has 1 aliphatic heterocycles. The van der Waals surface area contributed by atoms with Crippen molar-refractivity contribution in [1.82, 2.24) is 9.55 Å². The van der Waals surface area contributed by atoms with Crippen LogP contribution in [0.3, 0.4) is 0 Å². The van der Waals surface area contributed by atoms with Crippen LogP contribution in [-0.2, 0) is 0 Å². The Morgan fingerprint density at radius 3 is 1.83 bits per heavy atom. The zero-order valence-electron chi connectivity index (χ0n) is 19.8. The number of hydrogen-bond donors (Lipinski definition) is 0. The molecular formula is C33H24N2Si. The predicted molar refractivity (Wildman–Crippen MR) is 152 cm³/mol. The molecule has 0 N–H and O–H groups in total. The van der Waals surface area contributed by atoms with Gasteiger partial charge in [-0.2, -0.15) is 0 Å². The van der Waals surface area contributed by atoms with E-state index in [-0.39, 0.29) is 0 Å². The minimum atomic E-state index is -2.63. The predicted octanol–water partition coefficient (Wildman–Crippen LogP) is 4.90. The third-order valence-corrected chi connectivity index (χ3v) is 12.0. The van der Waals surface area contributed by atoms with E-state index in [0.717, 1.165) is 11.3 Å². The van der Waals surface area contributed by atoms with Gasteiger partial charge in [-0.15, -0.1) is 0 Å². The first-order valence-corrected chi connectivity index (χ1v) is 14.3. The van der Waals surface area contributed by atoms with Gasteiger partial charge in [0.05, 0.1) is 5.69 Å². The first-order valence-electron chi connectivity index (χ1n) is 12.3. The van der Waals surface area contributed by atoms with Crippen LogP contribution in [-0.4, -0.2) is 17.6 Å². The van der Waals surface area contributed by atoms with Crippen LogP contribution in [0.5, 0.6) is 0 Å². The number of benzene rings is 4. The van der Waals surface area contributed by atoms with Crippen molar-refractivity contribution in [3.63, 3.8) is 0 Å². The van der Waals surface area contributed by atoms with Crippen molar-refractivity contribution in [2.24, 2.45) is 0 Å². The topological polar surface area (TPSA) is 17.8 Å². The van der Waals surface area contributed by atoms with Gasteiger partial charge in [0.25, 0.3) is 0 Å². The minimum Gasteiger partial charge on any atom is -0.324 e. The highest BCUT2D eigenvalue weighted by Gasteiger charge is 2.50. The van der Waals surface area contributed by atoms with Gasteiger partial charge in [-0.05, 0) is 57.0 Å². The first-order chi connectivity index (χ1) is 17.9. The van der Waals surface area contributed by atoms with Gasteiger partial charge < -0.3 is 4.57 Å². The fraction of sp³-hybridized carbons (Fsp3) is 0. The molecule has 0 amide bonds. The molecule has 2 aromatic heterocycles. The lowest BCUT2D eigenvalue weighted by molar-refractivity contribution is 1.08. The highest BCUT2D eigenvalue weighted by atomic mass is 28.3. The fourth-order valence-electron chi connectivity index (χ4n) is 5.76. The molecule has 0 unspecified atom stereocenters. The number of hydrogen-bond acceptors (Lipinski definition) is 1. The Morgan fingerprint density at radius 2 is 1.14 bits per heavy atom. The second-order valence-corrected chi connectivity index (χ2v) is 12.9. The summed E-state index contributed by atoms with van der Waals surface area (Å²) in [5.74, 6) is 0. The quantitative estimate of drug-likeness (QED) is 0.331. The first kappa shape index (κ1) is 20.9. The van der Waals surface area contributed by atoms with E-state index in [1.165, 1.54) is 37.7 Å². The number of para-hydroxylation sites is 1. The molecule has 3 heteroatoms. The van der Waals surface area contributed by atoms with Gasteiger partial charge in [-0.25, -0.2) is 0 Å². The Labute approximate surface area is 212 Å². The third-order valence-electron chi connectivity index (χ3n) is 7.34. The van der Waals surface area contributed by atoms with Crippen LogP contribution in [0, 0.1) is 0 Å². The second-order valence-electron chi connectivity index (χ2n) is 9.26. The summed E-state index contributed by atoms with van der Waals surface area (Å²) in [6, 6.07) is 47.8. The van der Waals surface area contributed by atoms with E-state index in [4.69, 9.17) is 4.98 Å². The maximum absolute atomic E-state index is 5.41. The smallest absolute Gasteiger partial charge is 0.204 e. The summed E-state index contributed by atoms with van der Waals surface area (Å²) in [6.07, 6.45) is 4.53. The molecule has 0 spiro atoms. The summed E-state index contributed by atoms with van der Waals surface area (Å²) in [6.45, 7) is 0. The second kappa shape index (κ2) is 8.33. The fourth-order valence-corrected chi connectivity index (χ4v) is 10.8. The standard InChI is InChI=1S/C33H24N2Si/c1-3-12-25(13-4-1)30-18-11-21-33(34-30)36(27-22-23-35(24-27)26-14-5-2-6-15-26)31-19-9-7-16-28(31)29-17-8-10-20-32(29)36/h1-24H. The SMILES string of the molecule is c1ccc(-c2cccc([Si]3(c4ccn(-c5ccccc5)c4)c4ccccc4-c4ccccc43)n2)cc1. The van der Waals surface area contributed by atoms with Gasteiger partial charge in [0.1, 0.15) is 0 Å². The zero-order valence-corrected chi connectivity index (χ0v) is 20.8. The van der Waals surface area contributed by atoms with Crippen molar-refractivity contribution in [2.45, 2.75) is 0 Å². The number of aromatic nitrogens is 2. The van der Waals surface area contributed by atoms with Gasteiger partial charge in [0, 0.05) is 29.0 Å². The molecule has 7 rings (SSSR count). The van der Waals surface area contributed by atoms with Crippen LogP contribution in [0.15, 0.2) is 146 Å². The lowest BCUT2D eigenvalue weighted by Crippen LogP contribution is -2.73. The van der Waals surface area contributed by atoms with Crippen molar-refractivity contribution in [1.29, 1.82) is 0 Å². The van der Waals surface area contributed by atoms with Crippen LogP contribution in [0.2, 0.25) is 0 Å². The maximum Gasteiger partial charge on any atom is 0.204 e. The van der Waals surface area contributed by atoms with E-state index in [0.29, 0.717) is 0 Å². The average Bonchev–Trinajstić information content (AvgIpc) is 3.56. The molecule has 0 radical (unpaired) electrons. The molecule has 0 fully saturated rings. The lowest BCUT2D eigenvalue weighted by Gasteiger charge is -2.29. The van der Waals surface area contributed by atoms with Gasteiger partial charge in [-0.1, -0.05) is 103 Å². The van der Waals surface area contributed by atoms with E-state index in [9.17, 15) is 0 Å². The molecule has 6 aromatic rings. The van der Waals surface area contributed by atoms with Gasteiger partial charge in [0.15, 0.2) is 0 Å². The zero-order chi connectivity index (χ0) is 24.0. The van der Waals surface area contributed by atoms with Gasteiger partial charge >= 0.3 is 0 Å². The average molecular weight is 477 g/mol. The van der Waals surface area contributed by atoms with Crippen molar-refractivity contribution >= 4 is 29.0 Å². The summed E-state index contributed by atoms with van der Waals surface area (Å²) in [5, 5.41) is 5.35. The molecule has 0 saturated carbocycles. The van der Waals surface area contributed by atoms with E-state index >= 15 is 0 Å². The molecule has 170 valence electrons. The number of fused-ring (bicyclic) bond motifs is 3. The summed E-state index contributed by atoms with van der Waals surface area (Å²) in [7, 11) is -2.63. The Bertz CT molecular complexity index is 1640. The summed E-state index contributed by atoms with van der Waals surface area (Å²) >= 11 is 0. The summed E-state index contributed by atoms with van der Waals surface area (Å²) < 4.78 is 2.24. The molecule has 0 bridgehead atoms. The Morgan fingerprint density at radius 1 is 0.528 bits per heavy atom. The van der Waals surface area contributed by atoms with Gasteiger partial charge in [-0.3, -0.25) is 4.98 Å². The van der Waals surface area contributed by atoms with Crippen LogP contribution in [0.1, 0.15) is 0 Å². The molecule has 0 aliphatic carbocycles. The molecule has 4 aromatic carbocycles. The summed E-state index contributed by atoms with van der Waals surface area (Å²) in [5.41, 5.74) is 5.99. The Balaban J connectivity index is 1.54. The van der Waals surface area contributed by atoms with Crippen LogP contribution in [0.25, 0.3) is 28.1 Å². The van der Waals surface area contributed by atoms with Gasteiger partial charge in [0.2, 0.25) is 8.07 Å². The van der Waals surface area contributed by atoms with Crippen molar-refractivity contribution in [3.8, 4) is 28.1 Å². The van der Waals surface area contributed by atoms with Crippen LogP contribution in [0.4, 0.5) is 0 Å². The third kappa shape index (κ3) is 3.07. The van der Waals surface area contributed by atoms with Crippen LogP contribution < -0.4 is 20.9 Å². The molecule has 0 saturated heterocycles. The lowest BCUT2D eigenvalue weighted by atomic mass is 10.1. The summed E-state index contributed by atoms with van der Waals surface area (Å²) in [4.78, 5) is 5.41. The molecule has 36 heavy (non-hydrogen) atoms. The van der Waals surface area contributed by atoms with Crippen molar-refractivity contribution in [3.05, 3.63) is 146 Å². The molecule has 2 nitrogen and oxygen atoms in total. The highest BCUT2D eigenvalue weighted by Crippen LogP contribution is 2.28. The molecule has 3 heterocycles. The Hall–Kier alpha value is -4.47. The maximum atomic E-state index is 5.41. The number of pyridine rings is 1.